The van der Waals surface area contributed by atoms with Crippen molar-refractivity contribution >= 4 is 22.7 Å². The van der Waals surface area contributed by atoms with Gasteiger partial charge in [0.2, 0.25) is 0 Å². The summed E-state index contributed by atoms with van der Waals surface area (Å²) in [5.41, 5.74) is 0. The minimum atomic E-state index is 0.272. The van der Waals surface area contributed by atoms with Gasteiger partial charge in [-0.1, -0.05) is 6.92 Å². The van der Waals surface area contributed by atoms with Gasteiger partial charge in [-0.3, -0.25) is 0 Å². The number of thiophene rings is 1. The molecule has 0 fully saturated rings. The molecular formula is C11H14N2S2. The molecule has 0 amide bonds. The lowest BCUT2D eigenvalue weighted by Crippen LogP contribution is -2.20. The number of nitrogens with zero attached hydrogens (tertiary/aromatic N) is 1. The van der Waals surface area contributed by atoms with Crippen LogP contribution in [0.15, 0.2) is 23.7 Å². The van der Waals surface area contributed by atoms with Gasteiger partial charge in [0.1, 0.15) is 5.01 Å². The minimum absolute atomic E-state index is 0.272. The average Bonchev–Trinajstić information content (AvgIpc) is 2.85. The second kappa shape index (κ2) is 4.88. The van der Waals surface area contributed by atoms with Gasteiger partial charge in [0, 0.05) is 21.3 Å². The van der Waals surface area contributed by atoms with E-state index in [1.807, 2.05) is 22.9 Å². The first-order valence-corrected chi connectivity index (χ1v) is 6.70. The highest BCUT2D eigenvalue weighted by atomic mass is 32.1. The summed E-state index contributed by atoms with van der Waals surface area (Å²) in [6.45, 7) is 5.22. The van der Waals surface area contributed by atoms with Crippen molar-refractivity contribution in [3.8, 4) is 0 Å². The second-order valence-corrected chi connectivity index (χ2v) is 5.56. The Labute approximate surface area is 98.0 Å². The van der Waals surface area contributed by atoms with Crippen molar-refractivity contribution in [3.05, 3.63) is 38.5 Å². The monoisotopic (exact) mass is 238 g/mol. The standard InChI is InChI=1S/C11H14N2S2/c1-3-12-10(11-13-6-7-14-11)9-5-4-8(2)15-9/h4-7,10,12H,3H2,1-2H3. The van der Waals surface area contributed by atoms with E-state index in [2.05, 4.69) is 36.3 Å². The van der Waals surface area contributed by atoms with Crippen LogP contribution in [0.5, 0.6) is 0 Å². The fraction of sp³-hybridized carbons (Fsp3) is 0.364. The molecule has 0 aliphatic heterocycles. The van der Waals surface area contributed by atoms with E-state index in [1.54, 1.807) is 11.3 Å². The number of aromatic nitrogens is 1. The third kappa shape index (κ3) is 2.45. The van der Waals surface area contributed by atoms with Gasteiger partial charge in [0.15, 0.2) is 0 Å². The molecule has 0 radical (unpaired) electrons. The second-order valence-electron chi connectivity index (χ2n) is 3.31. The van der Waals surface area contributed by atoms with Gasteiger partial charge in [-0.2, -0.15) is 0 Å². The summed E-state index contributed by atoms with van der Waals surface area (Å²) in [5.74, 6) is 0. The summed E-state index contributed by atoms with van der Waals surface area (Å²) in [7, 11) is 0. The smallest absolute Gasteiger partial charge is 0.115 e. The van der Waals surface area contributed by atoms with Crippen LogP contribution in [0.3, 0.4) is 0 Å². The minimum Gasteiger partial charge on any atom is -0.304 e. The van der Waals surface area contributed by atoms with Gasteiger partial charge in [-0.15, -0.1) is 22.7 Å². The Morgan fingerprint density at radius 3 is 2.87 bits per heavy atom. The molecule has 2 rings (SSSR count). The van der Waals surface area contributed by atoms with Crippen LogP contribution in [-0.2, 0) is 0 Å². The Balaban J connectivity index is 2.27. The van der Waals surface area contributed by atoms with Crippen LogP contribution in [0.4, 0.5) is 0 Å². The van der Waals surface area contributed by atoms with E-state index in [4.69, 9.17) is 0 Å². The number of hydrogen-bond acceptors (Lipinski definition) is 4. The lowest BCUT2D eigenvalue weighted by molar-refractivity contribution is 0.636. The Morgan fingerprint density at radius 2 is 2.33 bits per heavy atom. The van der Waals surface area contributed by atoms with Gasteiger partial charge in [-0.25, -0.2) is 4.98 Å². The molecule has 1 N–H and O–H groups in total. The molecule has 2 nitrogen and oxygen atoms in total. The summed E-state index contributed by atoms with van der Waals surface area (Å²) in [4.78, 5) is 7.09. The van der Waals surface area contributed by atoms with Gasteiger partial charge >= 0.3 is 0 Å². The molecule has 0 aliphatic rings. The van der Waals surface area contributed by atoms with Crippen LogP contribution in [-0.4, -0.2) is 11.5 Å². The number of nitrogens with one attached hydrogen (secondary N) is 1. The molecule has 0 aromatic carbocycles. The molecule has 4 heteroatoms. The van der Waals surface area contributed by atoms with E-state index >= 15 is 0 Å². The first kappa shape index (κ1) is 10.8. The maximum atomic E-state index is 4.38. The van der Waals surface area contributed by atoms with Gasteiger partial charge in [-0.05, 0) is 25.6 Å². The molecule has 0 saturated carbocycles. The van der Waals surface area contributed by atoms with Crippen LogP contribution in [0.2, 0.25) is 0 Å². The van der Waals surface area contributed by atoms with Crippen LogP contribution in [0.1, 0.15) is 27.7 Å². The number of rotatable bonds is 4. The third-order valence-electron chi connectivity index (χ3n) is 2.15. The van der Waals surface area contributed by atoms with E-state index in [1.165, 1.54) is 9.75 Å². The molecule has 1 atom stereocenters. The maximum absolute atomic E-state index is 4.38. The van der Waals surface area contributed by atoms with E-state index in [9.17, 15) is 0 Å². The number of thiazole rings is 1. The molecule has 2 aromatic heterocycles. The molecule has 0 saturated heterocycles. The summed E-state index contributed by atoms with van der Waals surface area (Å²) in [6.07, 6.45) is 1.87. The van der Waals surface area contributed by atoms with Gasteiger partial charge < -0.3 is 5.32 Å². The maximum Gasteiger partial charge on any atom is 0.115 e. The zero-order chi connectivity index (χ0) is 10.7. The molecular weight excluding hydrogens is 224 g/mol. The van der Waals surface area contributed by atoms with Crippen molar-refractivity contribution in [3.63, 3.8) is 0 Å². The van der Waals surface area contributed by atoms with E-state index in [0.29, 0.717) is 0 Å². The van der Waals surface area contributed by atoms with Crippen molar-refractivity contribution in [1.82, 2.24) is 10.3 Å². The predicted octanol–water partition coefficient (Wildman–Crippen LogP) is 3.21. The van der Waals surface area contributed by atoms with E-state index in [0.717, 1.165) is 11.6 Å². The molecule has 15 heavy (non-hydrogen) atoms. The topological polar surface area (TPSA) is 24.9 Å². The largest absolute Gasteiger partial charge is 0.304 e. The van der Waals surface area contributed by atoms with Crippen molar-refractivity contribution < 1.29 is 0 Å². The molecule has 0 aliphatic carbocycles. The molecule has 0 bridgehead atoms. The fourth-order valence-corrected chi connectivity index (χ4v) is 3.26. The van der Waals surface area contributed by atoms with Crippen LogP contribution in [0.25, 0.3) is 0 Å². The summed E-state index contributed by atoms with van der Waals surface area (Å²) >= 11 is 3.55. The Morgan fingerprint density at radius 1 is 1.47 bits per heavy atom. The Hall–Kier alpha value is -0.710. The summed E-state index contributed by atoms with van der Waals surface area (Å²) < 4.78 is 0. The molecule has 80 valence electrons. The Bertz CT molecular complexity index is 406. The normalized spacial score (nSPS) is 12.9. The Kier molecular flexibility index (Phi) is 3.51. The highest BCUT2D eigenvalue weighted by Crippen LogP contribution is 2.29. The first-order chi connectivity index (χ1) is 7.31. The molecule has 1 unspecified atom stereocenters. The van der Waals surface area contributed by atoms with Crippen LogP contribution < -0.4 is 5.32 Å². The van der Waals surface area contributed by atoms with Crippen molar-refractivity contribution in [2.24, 2.45) is 0 Å². The summed E-state index contributed by atoms with van der Waals surface area (Å²) in [5, 5.41) is 6.65. The summed E-state index contributed by atoms with van der Waals surface area (Å²) in [6, 6.07) is 4.63. The van der Waals surface area contributed by atoms with Crippen molar-refractivity contribution in [2.75, 3.05) is 6.54 Å². The van der Waals surface area contributed by atoms with Gasteiger partial charge in [0.25, 0.3) is 0 Å². The van der Waals surface area contributed by atoms with Crippen LogP contribution in [0, 0.1) is 6.92 Å². The fourth-order valence-electron chi connectivity index (χ4n) is 1.50. The molecule has 2 aromatic rings. The van der Waals surface area contributed by atoms with Crippen molar-refractivity contribution in [2.45, 2.75) is 19.9 Å². The number of aryl methyl sites for hydroxylation is 1. The number of hydrogen-bond donors (Lipinski definition) is 1. The SMILES string of the molecule is CCNC(c1ccc(C)s1)c1nccs1. The molecule has 2 heterocycles. The zero-order valence-corrected chi connectivity index (χ0v) is 10.5. The lowest BCUT2D eigenvalue weighted by atomic mass is 10.2. The quantitative estimate of drug-likeness (QED) is 0.884. The highest BCUT2D eigenvalue weighted by Gasteiger charge is 2.16. The van der Waals surface area contributed by atoms with Gasteiger partial charge in [0.05, 0.1) is 6.04 Å². The first-order valence-electron chi connectivity index (χ1n) is 5.00. The van der Waals surface area contributed by atoms with Crippen molar-refractivity contribution in [1.29, 1.82) is 0 Å². The highest BCUT2D eigenvalue weighted by molar-refractivity contribution is 7.12. The van der Waals surface area contributed by atoms with E-state index < -0.39 is 0 Å². The average molecular weight is 238 g/mol. The third-order valence-corrected chi connectivity index (χ3v) is 4.06. The van der Waals surface area contributed by atoms with E-state index in [-0.39, 0.29) is 6.04 Å². The lowest BCUT2D eigenvalue weighted by Gasteiger charge is -2.13. The van der Waals surface area contributed by atoms with Crippen LogP contribution >= 0.6 is 22.7 Å². The predicted molar refractivity (Wildman–Crippen MR) is 66.7 cm³/mol. The molecule has 0 spiro atoms. The zero-order valence-electron chi connectivity index (χ0n) is 8.86.